The lowest BCUT2D eigenvalue weighted by atomic mass is 9.53. The van der Waals surface area contributed by atoms with Crippen molar-refractivity contribution in [3.8, 4) is 0 Å². The Labute approximate surface area is 156 Å². The van der Waals surface area contributed by atoms with E-state index in [2.05, 4.69) is 35.0 Å². The van der Waals surface area contributed by atoms with Crippen molar-refractivity contribution in [2.45, 2.75) is 51.0 Å². The minimum absolute atomic E-state index is 0.0591. The van der Waals surface area contributed by atoms with E-state index in [1.165, 1.54) is 38.5 Å². The van der Waals surface area contributed by atoms with Gasteiger partial charge in [0.25, 0.3) is 0 Å². The molecule has 0 radical (unpaired) electrons. The number of amides is 1. The third-order valence-corrected chi connectivity index (χ3v) is 7.56. The van der Waals surface area contributed by atoms with Crippen LogP contribution in [0, 0.1) is 29.6 Å². The molecule has 1 aromatic rings. The van der Waals surface area contributed by atoms with Gasteiger partial charge in [-0.3, -0.25) is 4.79 Å². The largest absolute Gasteiger partial charge is 0.378 e. The monoisotopic (exact) mass is 353 g/mol. The Hall–Kier alpha value is -1.55. The van der Waals surface area contributed by atoms with E-state index in [0.29, 0.717) is 5.92 Å². The summed E-state index contributed by atoms with van der Waals surface area (Å²) in [5.41, 5.74) is 2.33. The van der Waals surface area contributed by atoms with Crippen LogP contribution in [0.3, 0.4) is 0 Å². The molecule has 4 nitrogen and oxygen atoms in total. The van der Waals surface area contributed by atoms with Crippen molar-refractivity contribution in [2.75, 3.05) is 23.7 Å². The SMILES string of the molecule is CC(C(=O)Nc1ccccc1NC12CC3CC(CC(C3)C1)C2)C1CNC1. The first-order chi connectivity index (χ1) is 12.6. The number of anilines is 2. The smallest absolute Gasteiger partial charge is 0.227 e. The molecule has 0 aromatic heterocycles. The first-order valence-corrected chi connectivity index (χ1v) is 10.5. The summed E-state index contributed by atoms with van der Waals surface area (Å²) in [5, 5.41) is 10.4. The molecule has 1 heterocycles. The maximum atomic E-state index is 12.7. The Morgan fingerprint density at radius 1 is 1.04 bits per heavy atom. The van der Waals surface area contributed by atoms with Crippen molar-refractivity contribution >= 4 is 17.3 Å². The van der Waals surface area contributed by atoms with E-state index in [1.54, 1.807) is 0 Å². The van der Waals surface area contributed by atoms with Crippen LogP contribution >= 0.6 is 0 Å². The third kappa shape index (κ3) is 2.92. The second-order valence-electron chi connectivity index (χ2n) is 9.56. The molecule has 5 fully saturated rings. The lowest BCUT2D eigenvalue weighted by Gasteiger charge is -2.57. The van der Waals surface area contributed by atoms with E-state index in [4.69, 9.17) is 0 Å². The van der Waals surface area contributed by atoms with Crippen LogP contribution in [-0.4, -0.2) is 24.5 Å². The molecule has 26 heavy (non-hydrogen) atoms. The zero-order chi connectivity index (χ0) is 17.7. The van der Waals surface area contributed by atoms with Crippen LogP contribution in [0.5, 0.6) is 0 Å². The fraction of sp³-hybridized carbons (Fsp3) is 0.682. The molecule has 4 aliphatic carbocycles. The van der Waals surface area contributed by atoms with Crippen LogP contribution in [0.2, 0.25) is 0 Å². The Morgan fingerprint density at radius 2 is 1.62 bits per heavy atom. The number of benzene rings is 1. The van der Waals surface area contributed by atoms with Gasteiger partial charge in [-0.15, -0.1) is 0 Å². The van der Waals surface area contributed by atoms with Gasteiger partial charge >= 0.3 is 0 Å². The van der Waals surface area contributed by atoms with Crippen LogP contribution in [-0.2, 0) is 4.79 Å². The summed E-state index contributed by atoms with van der Waals surface area (Å²) < 4.78 is 0. The highest BCUT2D eigenvalue weighted by Crippen LogP contribution is 2.56. The normalized spacial score (nSPS) is 36.4. The Balaban J connectivity index is 1.33. The molecule has 6 rings (SSSR count). The van der Waals surface area contributed by atoms with Gasteiger partial charge in [-0.2, -0.15) is 0 Å². The van der Waals surface area contributed by atoms with Crippen LogP contribution in [0.25, 0.3) is 0 Å². The quantitative estimate of drug-likeness (QED) is 0.753. The van der Waals surface area contributed by atoms with Gasteiger partial charge in [0.15, 0.2) is 0 Å². The molecule has 3 N–H and O–H groups in total. The third-order valence-electron chi connectivity index (χ3n) is 7.56. The van der Waals surface area contributed by atoms with Gasteiger partial charge in [0.2, 0.25) is 5.91 Å². The van der Waals surface area contributed by atoms with Gasteiger partial charge in [-0.25, -0.2) is 0 Å². The highest BCUT2D eigenvalue weighted by molar-refractivity contribution is 5.95. The molecule has 1 saturated heterocycles. The minimum atomic E-state index is 0.0591. The summed E-state index contributed by atoms with van der Waals surface area (Å²) in [7, 11) is 0. The summed E-state index contributed by atoms with van der Waals surface area (Å²) in [5.74, 6) is 3.43. The highest BCUT2D eigenvalue weighted by atomic mass is 16.1. The summed E-state index contributed by atoms with van der Waals surface area (Å²) in [6.45, 7) is 3.97. The van der Waals surface area contributed by atoms with E-state index in [-0.39, 0.29) is 17.4 Å². The second-order valence-corrected chi connectivity index (χ2v) is 9.56. The van der Waals surface area contributed by atoms with Gasteiger partial charge < -0.3 is 16.0 Å². The molecule has 1 aliphatic heterocycles. The number of carbonyl (C=O) groups is 1. The molecule has 5 aliphatic rings. The van der Waals surface area contributed by atoms with E-state index in [1.807, 2.05) is 12.1 Å². The number of carbonyl (C=O) groups excluding carboxylic acids is 1. The topological polar surface area (TPSA) is 53.2 Å². The molecule has 1 amide bonds. The number of hydrogen-bond donors (Lipinski definition) is 3. The molecule has 1 unspecified atom stereocenters. The fourth-order valence-electron chi connectivity index (χ4n) is 6.38. The zero-order valence-electron chi connectivity index (χ0n) is 15.8. The standard InChI is InChI=1S/C22H31N3O/c1-14(18-12-23-13-18)21(26)24-19-4-2-3-5-20(19)25-22-9-15-6-16(10-22)8-17(7-15)11-22/h2-5,14-18,23,25H,6-13H2,1H3,(H,24,26). The van der Waals surface area contributed by atoms with Crippen molar-refractivity contribution in [1.29, 1.82) is 0 Å². The lowest BCUT2D eigenvalue weighted by molar-refractivity contribution is -0.121. The zero-order valence-corrected chi connectivity index (χ0v) is 15.8. The van der Waals surface area contributed by atoms with Crippen molar-refractivity contribution in [3.05, 3.63) is 24.3 Å². The molecule has 0 spiro atoms. The molecule has 1 atom stereocenters. The predicted molar refractivity (Wildman–Crippen MR) is 105 cm³/mol. The van der Waals surface area contributed by atoms with E-state index >= 15 is 0 Å². The van der Waals surface area contributed by atoms with Gasteiger partial charge in [0.05, 0.1) is 11.4 Å². The molecule has 4 bridgehead atoms. The van der Waals surface area contributed by atoms with Crippen LogP contribution in [0.15, 0.2) is 24.3 Å². The fourth-order valence-corrected chi connectivity index (χ4v) is 6.38. The van der Waals surface area contributed by atoms with Gasteiger partial charge in [0.1, 0.15) is 0 Å². The van der Waals surface area contributed by atoms with E-state index in [9.17, 15) is 4.79 Å². The molecule has 1 aromatic carbocycles. The predicted octanol–water partition coefficient (Wildman–Crippen LogP) is 3.86. The first-order valence-electron chi connectivity index (χ1n) is 10.5. The van der Waals surface area contributed by atoms with Crippen LogP contribution in [0.4, 0.5) is 11.4 Å². The lowest BCUT2D eigenvalue weighted by Crippen LogP contribution is -2.54. The van der Waals surface area contributed by atoms with Crippen molar-refractivity contribution < 1.29 is 4.79 Å². The first kappa shape index (κ1) is 16.6. The number of rotatable bonds is 5. The Morgan fingerprint density at radius 3 is 2.15 bits per heavy atom. The minimum Gasteiger partial charge on any atom is -0.378 e. The van der Waals surface area contributed by atoms with E-state index < -0.39 is 0 Å². The Bertz CT molecular complexity index is 661. The number of para-hydroxylation sites is 2. The molecular formula is C22H31N3O. The maximum absolute atomic E-state index is 12.7. The van der Waals surface area contributed by atoms with Crippen molar-refractivity contribution in [3.63, 3.8) is 0 Å². The van der Waals surface area contributed by atoms with Gasteiger partial charge in [-0.05, 0) is 87.4 Å². The second kappa shape index (κ2) is 6.26. The van der Waals surface area contributed by atoms with Gasteiger partial charge in [-0.1, -0.05) is 19.1 Å². The number of nitrogens with one attached hydrogen (secondary N) is 3. The highest BCUT2D eigenvalue weighted by Gasteiger charge is 2.51. The maximum Gasteiger partial charge on any atom is 0.227 e. The van der Waals surface area contributed by atoms with Crippen molar-refractivity contribution in [2.24, 2.45) is 29.6 Å². The molecule has 140 valence electrons. The molecule has 4 heteroatoms. The van der Waals surface area contributed by atoms with Gasteiger partial charge in [0, 0.05) is 11.5 Å². The van der Waals surface area contributed by atoms with Crippen LogP contribution in [0.1, 0.15) is 45.4 Å². The molecule has 4 saturated carbocycles. The number of hydrogen-bond acceptors (Lipinski definition) is 3. The van der Waals surface area contributed by atoms with E-state index in [0.717, 1.165) is 42.2 Å². The summed E-state index contributed by atoms with van der Waals surface area (Å²) in [6, 6.07) is 8.30. The summed E-state index contributed by atoms with van der Waals surface area (Å²) in [6.07, 6.45) is 8.28. The Kier molecular flexibility index (Phi) is 4.00. The average Bonchev–Trinajstić information content (AvgIpc) is 2.53. The van der Waals surface area contributed by atoms with Crippen LogP contribution < -0.4 is 16.0 Å². The molecular weight excluding hydrogens is 322 g/mol. The average molecular weight is 354 g/mol. The summed E-state index contributed by atoms with van der Waals surface area (Å²) in [4.78, 5) is 12.7. The summed E-state index contributed by atoms with van der Waals surface area (Å²) >= 11 is 0. The van der Waals surface area contributed by atoms with Crippen molar-refractivity contribution in [1.82, 2.24) is 5.32 Å².